The lowest BCUT2D eigenvalue weighted by molar-refractivity contribution is 0.959. The maximum Gasteiger partial charge on any atom is -0.0149 e. The van der Waals surface area contributed by atoms with Crippen molar-refractivity contribution in [1.29, 1.82) is 0 Å². The van der Waals surface area contributed by atoms with E-state index in [0.717, 1.165) is 19.3 Å². The number of hydrogen-bond acceptors (Lipinski definition) is 0. The molecule has 132 valence electrons. The molecular formula is C24H36. The molecule has 0 spiro atoms. The molecule has 2 rings (SSSR count). The summed E-state index contributed by atoms with van der Waals surface area (Å²) in [5.41, 5.74) is 6.70. The SMILES string of the molecule is C=C1/C(=C\C=C/C)CCc2ccccc2/C1=C\CCC.CC.CC. The third kappa shape index (κ3) is 6.35. The standard InChI is InChI=1S/C20H24.2C2H6/c1-4-6-10-17-14-15-18-11-8-9-13-20(18)19(16(17)3)12-7-5-2;2*1-2/h4,6,8-13H,3,5,7,14-15H2,1-2H3;2*1-2H3/b6-4-,17-10-,19-12-;;. The first kappa shape index (κ1) is 22.2. The molecular weight excluding hydrogens is 288 g/mol. The Morgan fingerprint density at radius 2 is 1.71 bits per heavy atom. The van der Waals surface area contributed by atoms with Gasteiger partial charge in [0.25, 0.3) is 0 Å². The molecule has 0 fully saturated rings. The van der Waals surface area contributed by atoms with E-state index in [0.29, 0.717) is 0 Å². The first-order valence-corrected chi connectivity index (χ1v) is 9.57. The second-order valence-electron chi connectivity index (χ2n) is 5.26. The molecule has 1 aliphatic carbocycles. The van der Waals surface area contributed by atoms with Gasteiger partial charge in [-0.2, -0.15) is 0 Å². The number of fused-ring (bicyclic) bond motifs is 1. The van der Waals surface area contributed by atoms with E-state index in [1.807, 2.05) is 27.7 Å². The van der Waals surface area contributed by atoms with Gasteiger partial charge in [-0.05, 0) is 54.0 Å². The van der Waals surface area contributed by atoms with Gasteiger partial charge in [-0.25, -0.2) is 0 Å². The van der Waals surface area contributed by atoms with Crippen LogP contribution in [0.4, 0.5) is 0 Å². The van der Waals surface area contributed by atoms with Crippen molar-refractivity contribution in [3.8, 4) is 0 Å². The van der Waals surface area contributed by atoms with E-state index in [1.165, 1.54) is 34.3 Å². The minimum absolute atomic E-state index is 1.07. The molecule has 0 atom stereocenters. The number of rotatable bonds is 3. The first-order chi connectivity index (χ1) is 11.8. The molecule has 0 heterocycles. The second-order valence-corrected chi connectivity index (χ2v) is 5.26. The molecule has 0 N–H and O–H groups in total. The van der Waals surface area contributed by atoms with Gasteiger partial charge in [0.2, 0.25) is 0 Å². The maximum atomic E-state index is 4.37. The second kappa shape index (κ2) is 13.6. The summed E-state index contributed by atoms with van der Waals surface area (Å²) in [7, 11) is 0. The predicted molar refractivity (Wildman–Crippen MR) is 112 cm³/mol. The van der Waals surface area contributed by atoms with Crippen LogP contribution in [0.5, 0.6) is 0 Å². The monoisotopic (exact) mass is 324 g/mol. The highest BCUT2D eigenvalue weighted by Crippen LogP contribution is 2.36. The Balaban J connectivity index is 0.00000123. The van der Waals surface area contributed by atoms with E-state index >= 15 is 0 Å². The molecule has 0 radical (unpaired) electrons. The van der Waals surface area contributed by atoms with Gasteiger partial charge >= 0.3 is 0 Å². The maximum absolute atomic E-state index is 4.37. The van der Waals surface area contributed by atoms with Gasteiger partial charge in [-0.15, -0.1) is 0 Å². The van der Waals surface area contributed by atoms with Gasteiger partial charge in [0, 0.05) is 0 Å². The van der Waals surface area contributed by atoms with Crippen molar-refractivity contribution in [2.24, 2.45) is 0 Å². The van der Waals surface area contributed by atoms with Crippen LogP contribution in [0.25, 0.3) is 5.57 Å². The summed E-state index contributed by atoms with van der Waals surface area (Å²) in [5.74, 6) is 0. The van der Waals surface area contributed by atoms with Crippen molar-refractivity contribution >= 4 is 5.57 Å². The first-order valence-electron chi connectivity index (χ1n) is 9.57. The van der Waals surface area contributed by atoms with Gasteiger partial charge in [0.1, 0.15) is 0 Å². The van der Waals surface area contributed by atoms with Crippen LogP contribution in [0.1, 0.15) is 71.9 Å². The smallest absolute Gasteiger partial charge is 0.0149 e. The molecule has 0 aliphatic heterocycles. The van der Waals surface area contributed by atoms with E-state index < -0.39 is 0 Å². The van der Waals surface area contributed by atoms with Gasteiger partial charge in [0.15, 0.2) is 0 Å². The molecule has 1 aromatic rings. The van der Waals surface area contributed by atoms with Crippen molar-refractivity contribution in [3.63, 3.8) is 0 Å². The van der Waals surface area contributed by atoms with Gasteiger partial charge in [-0.1, -0.05) is 96.2 Å². The number of aryl methyl sites for hydroxylation is 1. The van der Waals surface area contributed by atoms with Crippen molar-refractivity contribution in [2.75, 3.05) is 0 Å². The average molecular weight is 325 g/mol. The average Bonchev–Trinajstić information content (AvgIpc) is 2.78. The normalized spacial score (nSPS) is 16.8. The zero-order valence-corrected chi connectivity index (χ0v) is 16.7. The van der Waals surface area contributed by atoms with E-state index in [4.69, 9.17) is 0 Å². The summed E-state index contributed by atoms with van der Waals surface area (Å²) in [5, 5.41) is 0. The van der Waals surface area contributed by atoms with Crippen molar-refractivity contribution in [2.45, 2.75) is 67.2 Å². The zero-order chi connectivity index (χ0) is 18.4. The van der Waals surface area contributed by atoms with Crippen LogP contribution in [0, 0.1) is 0 Å². The lowest BCUT2D eigenvalue weighted by atomic mass is 9.93. The van der Waals surface area contributed by atoms with E-state index in [-0.39, 0.29) is 0 Å². The van der Waals surface area contributed by atoms with Gasteiger partial charge in [0.05, 0.1) is 0 Å². The summed E-state index contributed by atoms with van der Waals surface area (Å²) in [4.78, 5) is 0. The van der Waals surface area contributed by atoms with E-state index in [1.54, 1.807) is 0 Å². The minimum atomic E-state index is 1.07. The van der Waals surface area contributed by atoms with Gasteiger partial charge < -0.3 is 0 Å². The molecule has 1 aliphatic rings. The molecule has 0 heteroatoms. The highest BCUT2D eigenvalue weighted by molar-refractivity contribution is 5.85. The Hall–Kier alpha value is -1.82. The number of benzene rings is 1. The predicted octanol–water partition coefficient (Wildman–Crippen LogP) is 7.93. The lowest BCUT2D eigenvalue weighted by Crippen LogP contribution is -1.91. The highest BCUT2D eigenvalue weighted by atomic mass is 14.2. The molecule has 0 amide bonds. The topological polar surface area (TPSA) is 0 Å². The fourth-order valence-electron chi connectivity index (χ4n) is 2.67. The number of hydrogen-bond donors (Lipinski definition) is 0. The molecule has 0 saturated heterocycles. The Labute approximate surface area is 150 Å². The zero-order valence-electron chi connectivity index (χ0n) is 16.7. The summed E-state index contributed by atoms with van der Waals surface area (Å²) in [6, 6.07) is 8.76. The quantitative estimate of drug-likeness (QED) is 0.495. The third-order valence-electron chi connectivity index (χ3n) is 3.81. The Morgan fingerprint density at radius 3 is 2.33 bits per heavy atom. The van der Waals surface area contributed by atoms with Crippen molar-refractivity contribution in [3.05, 3.63) is 77.4 Å². The van der Waals surface area contributed by atoms with E-state index in [2.05, 4.69) is 69.0 Å². The van der Waals surface area contributed by atoms with Crippen LogP contribution in [-0.2, 0) is 6.42 Å². The molecule has 0 aromatic heterocycles. The van der Waals surface area contributed by atoms with Crippen LogP contribution < -0.4 is 0 Å². The summed E-state index contributed by atoms with van der Waals surface area (Å²) in [6.07, 6.45) is 13.2. The van der Waals surface area contributed by atoms with Crippen LogP contribution in [-0.4, -0.2) is 0 Å². The third-order valence-corrected chi connectivity index (χ3v) is 3.81. The van der Waals surface area contributed by atoms with E-state index in [9.17, 15) is 0 Å². The molecule has 0 saturated carbocycles. The molecule has 0 bridgehead atoms. The van der Waals surface area contributed by atoms with Crippen LogP contribution in [0.15, 0.2) is 66.3 Å². The molecule has 0 unspecified atom stereocenters. The number of allylic oxidation sites excluding steroid dienone is 7. The molecule has 0 nitrogen and oxygen atoms in total. The Kier molecular flexibility index (Phi) is 12.6. The van der Waals surface area contributed by atoms with Crippen molar-refractivity contribution < 1.29 is 0 Å². The van der Waals surface area contributed by atoms with Gasteiger partial charge in [-0.3, -0.25) is 0 Å². The summed E-state index contributed by atoms with van der Waals surface area (Å²) in [6.45, 7) is 16.6. The summed E-state index contributed by atoms with van der Waals surface area (Å²) >= 11 is 0. The van der Waals surface area contributed by atoms with Crippen molar-refractivity contribution in [1.82, 2.24) is 0 Å². The highest BCUT2D eigenvalue weighted by Gasteiger charge is 2.17. The molecule has 1 aromatic carbocycles. The van der Waals surface area contributed by atoms with Crippen LogP contribution in [0.2, 0.25) is 0 Å². The fourth-order valence-corrected chi connectivity index (χ4v) is 2.67. The Morgan fingerprint density at radius 1 is 1.04 bits per heavy atom. The largest absolute Gasteiger partial charge is 0.0909 e. The molecule has 24 heavy (non-hydrogen) atoms. The van der Waals surface area contributed by atoms with Crippen LogP contribution in [0.3, 0.4) is 0 Å². The lowest BCUT2D eigenvalue weighted by Gasteiger charge is -2.12. The fraction of sp³-hybridized carbons (Fsp3) is 0.417. The summed E-state index contributed by atoms with van der Waals surface area (Å²) < 4.78 is 0. The van der Waals surface area contributed by atoms with Crippen LogP contribution >= 0.6 is 0 Å². The number of unbranched alkanes of at least 4 members (excludes halogenated alkanes) is 1. The Bertz CT molecular complexity index is 567. The minimum Gasteiger partial charge on any atom is -0.0909 e.